The van der Waals surface area contributed by atoms with Crippen molar-refractivity contribution < 1.29 is 9.52 Å². The van der Waals surface area contributed by atoms with Gasteiger partial charge in [0.1, 0.15) is 0 Å². The summed E-state index contributed by atoms with van der Waals surface area (Å²) in [6, 6.07) is 3.71. The molecule has 1 aliphatic carbocycles. The lowest BCUT2D eigenvalue weighted by Crippen LogP contribution is -2.36. The van der Waals surface area contributed by atoms with Crippen molar-refractivity contribution in [2.45, 2.75) is 43.4 Å². The zero-order valence-electron chi connectivity index (χ0n) is 12.0. The molecule has 0 bridgehead atoms. The van der Waals surface area contributed by atoms with Crippen LogP contribution in [0.4, 0.5) is 0 Å². The van der Waals surface area contributed by atoms with Gasteiger partial charge in [0.15, 0.2) is 0 Å². The fraction of sp³-hybridized carbons (Fsp3) is 0.533. The minimum Gasteiger partial charge on any atom is -0.411 e. The van der Waals surface area contributed by atoms with Gasteiger partial charge in [0, 0.05) is 18.1 Å². The van der Waals surface area contributed by atoms with Crippen LogP contribution in [0.15, 0.2) is 34.2 Å². The molecular weight excluding hydrogens is 286 g/mol. The second-order valence-electron chi connectivity index (χ2n) is 5.81. The Labute approximate surface area is 128 Å². The van der Waals surface area contributed by atoms with Crippen LogP contribution < -0.4 is 0 Å². The molecule has 0 spiro atoms. The number of thioether (sulfide) groups is 1. The van der Waals surface area contributed by atoms with Gasteiger partial charge in [0.25, 0.3) is 5.22 Å². The van der Waals surface area contributed by atoms with Gasteiger partial charge >= 0.3 is 0 Å². The monoisotopic (exact) mass is 305 g/mol. The summed E-state index contributed by atoms with van der Waals surface area (Å²) < 4.78 is 5.62. The Morgan fingerprint density at radius 2 is 2.19 bits per heavy atom. The molecule has 3 rings (SSSR count). The van der Waals surface area contributed by atoms with Gasteiger partial charge in [-0.05, 0) is 43.7 Å². The van der Waals surface area contributed by atoms with E-state index in [4.69, 9.17) is 4.42 Å². The molecule has 112 valence electrons. The van der Waals surface area contributed by atoms with Gasteiger partial charge in [-0.25, -0.2) is 0 Å². The minimum atomic E-state index is -0.597. The van der Waals surface area contributed by atoms with Crippen LogP contribution in [-0.4, -0.2) is 31.6 Å². The summed E-state index contributed by atoms with van der Waals surface area (Å²) in [5.41, 5.74) is 0.210. The molecule has 5 nitrogen and oxygen atoms in total. The predicted octanol–water partition coefficient (Wildman–Crippen LogP) is 3.16. The van der Waals surface area contributed by atoms with Gasteiger partial charge in [-0.3, -0.25) is 4.98 Å². The topological polar surface area (TPSA) is 72.0 Å². The van der Waals surface area contributed by atoms with Crippen molar-refractivity contribution in [2.75, 3.05) is 5.75 Å². The smallest absolute Gasteiger partial charge is 0.276 e. The quantitative estimate of drug-likeness (QED) is 0.875. The van der Waals surface area contributed by atoms with E-state index in [9.17, 15) is 5.11 Å². The van der Waals surface area contributed by atoms with Crippen molar-refractivity contribution in [1.82, 2.24) is 15.2 Å². The average molecular weight is 305 g/mol. The molecule has 21 heavy (non-hydrogen) atoms. The maximum atomic E-state index is 10.6. The van der Waals surface area contributed by atoms with Crippen molar-refractivity contribution in [1.29, 1.82) is 0 Å². The van der Waals surface area contributed by atoms with Crippen LogP contribution in [0.1, 0.15) is 32.6 Å². The molecule has 6 heteroatoms. The number of hydrogen-bond acceptors (Lipinski definition) is 6. The summed E-state index contributed by atoms with van der Waals surface area (Å²) in [4.78, 5) is 4.03. The van der Waals surface area contributed by atoms with Crippen molar-refractivity contribution in [3.05, 3.63) is 24.5 Å². The highest BCUT2D eigenvalue weighted by Gasteiger charge is 2.32. The molecule has 1 N–H and O–H groups in total. The molecule has 0 amide bonds. The van der Waals surface area contributed by atoms with Crippen LogP contribution in [0.5, 0.6) is 0 Å². The van der Waals surface area contributed by atoms with Crippen LogP contribution in [0.25, 0.3) is 11.5 Å². The highest BCUT2D eigenvalue weighted by Crippen LogP contribution is 2.36. The molecule has 0 atom stereocenters. The van der Waals surface area contributed by atoms with Gasteiger partial charge in [-0.1, -0.05) is 18.7 Å². The average Bonchev–Trinajstić information content (AvgIpc) is 2.99. The van der Waals surface area contributed by atoms with E-state index in [-0.39, 0.29) is 0 Å². The molecule has 0 aliphatic heterocycles. The van der Waals surface area contributed by atoms with E-state index in [0.29, 0.717) is 16.9 Å². The minimum absolute atomic E-state index is 0.467. The van der Waals surface area contributed by atoms with Crippen LogP contribution in [0.2, 0.25) is 0 Å². The predicted molar refractivity (Wildman–Crippen MR) is 80.8 cm³/mol. The second kappa shape index (κ2) is 6.15. The third-order valence-corrected chi connectivity index (χ3v) is 5.08. The molecular formula is C15H19N3O2S. The Morgan fingerprint density at radius 3 is 2.90 bits per heavy atom. The summed E-state index contributed by atoms with van der Waals surface area (Å²) in [6.07, 6.45) is 7.27. The zero-order valence-corrected chi connectivity index (χ0v) is 12.8. The van der Waals surface area contributed by atoms with Crippen molar-refractivity contribution in [2.24, 2.45) is 5.92 Å². The number of hydrogen-bond donors (Lipinski definition) is 1. The Hall–Kier alpha value is -1.40. The molecule has 0 radical (unpaired) electrons. The zero-order chi connectivity index (χ0) is 14.7. The largest absolute Gasteiger partial charge is 0.411 e. The first-order valence-corrected chi connectivity index (χ1v) is 8.22. The van der Waals surface area contributed by atoms with Crippen molar-refractivity contribution in [3.8, 4) is 11.5 Å². The van der Waals surface area contributed by atoms with Crippen LogP contribution in [0, 0.1) is 5.92 Å². The van der Waals surface area contributed by atoms with Gasteiger partial charge in [0.2, 0.25) is 5.89 Å². The van der Waals surface area contributed by atoms with Crippen LogP contribution in [0.3, 0.4) is 0 Å². The molecule has 1 fully saturated rings. The van der Waals surface area contributed by atoms with Crippen molar-refractivity contribution in [3.63, 3.8) is 0 Å². The summed E-state index contributed by atoms with van der Waals surface area (Å²) in [6.45, 7) is 2.24. The molecule has 1 saturated carbocycles. The fourth-order valence-electron chi connectivity index (χ4n) is 2.51. The van der Waals surface area contributed by atoms with Gasteiger partial charge in [-0.2, -0.15) is 0 Å². The third kappa shape index (κ3) is 3.63. The maximum absolute atomic E-state index is 10.6. The third-order valence-electron chi connectivity index (χ3n) is 3.98. The van der Waals surface area contributed by atoms with E-state index in [2.05, 4.69) is 22.1 Å². The van der Waals surface area contributed by atoms with E-state index in [1.54, 1.807) is 12.4 Å². The first-order chi connectivity index (χ1) is 10.1. The summed E-state index contributed by atoms with van der Waals surface area (Å²) >= 11 is 1.43. The lowest BCUT2D eigenvalue weighted by atomic mass is 9.81. The SMILES string of the molecule is CC1CCC(O)(CSc2nnc(-c3cccnc3)o2)CC1. The summed E-state index contributed by atoms with van der Waals surface area (Å²) in [7, 11) is 0. The first kappa shape index (κ1) is 14.5. The molecule has 0 saturated heterocycles. The lowest BCUT2D eigenvalue weighted by molar-refractivity contribution is 0.0149. The van der Waals surface area contributed by atoms with E-state index in [0.717, 1.165) is 37.2 Å². The van der Waals surface area contributed by atoms with Gasteiger partial charge in [-0.15, -0.1) is 10.2 Å². The first-order valence-electron chi connectivity index (χ1n) is 7.24. The number of aromatic nitrogens is 3. The normalized spacial score (nSPS) is 25.9. The maximum Gasteiger partial charge on any atom is 0.276 e. The van der Waals surface area contributed by atoms with Gasteiger partial charge < -0.3 is 9.52 Å². The fourth-order valence-corrected chi connectivity index (χ4v) is 3.43. The van der Waals surface area contributed by atoms with Crippen molar-refractivity contribution >= 4 is 11.8 Å². The molecule has 1 aliphatic rings. The Morgan fingerprint density at radius 1 is 1.38 bits per heavy atom. The highest BCUT2D eigenvalue weighted by molar-refractivity contribution is 7.99. The van der Waals surface area contributed by atoms with Crippen LogP contribution >= 0.6 is 11.8 Å². The molecule has 0 unspecified atom stereocenters. The van der Waals surface area contributed by atoms with E-state index in [1.165, 1.54) is 11.8 Å². The lowest BCUT2D eigenvalue weighted by Gasteiger charge is -2.34. The van der Waals surface area contributed by atoms with Crippen LogP contribution in [-0.2, 0) is 0 Å². The molecule has 0 aromatic carbocycles. The van der Waals surface area contributed by atoms with E-state index in [1.807, 2.05) is 12.1 Å². The standard InChI is InChI=1S/C15H19N3O2S/c1-11-4-6-15(19,7-5-11)10-21-14-18-17-13(20-14)12-3-2-8-16-9-12/h2-3,8-9,11,19H,4-7,10H2,1H3. The number of aliphatic hydroxyl groups is 1. The van der Waals surface area contributed by atoms with Gasteiger partial charge in [0.05, 0.1) is 11.2 Å². The molecule has 2 aromatic rings. The summed E-state index contributed by atoms with van der Waals surface area (Å²) in [5.74, 6) is 1.79. The number of rotatable bonds is 4. The second-order valence-corrected chi connectivity index (χ2v) is 6.74. The Balaban J connectivity index is 1.60. The Kier molecular flexibility index (Phi) is 4.26. The van der Waals surface area contributed by atoms with E-state index < -0.39 is 5.60 Å². The summed E-state index contributed by atoms with van der Waals surface area (Å²) in [5, 5.41) is 19.1. The highest BCUT2D eigenvalue weighted by atomic mass is 32.2. The number of nitrogens with zero attached hydrogens (tertiary/aromatic N) is 3. The number of pyridine rings is 1. The Bertz CT molecular complexity index is 580. The molecule has 2 heterocycles. The van der Waals surface area contributed by atoms with E-state index >= 15 is 0 Å². The molecule has 2 aromatic heterocycles.